The molecule has 0 bridgehead atoms. The fraction of sp³-hybridized carbons (Fsp3) is 0.964. The van der Waals surface area contributed by atoms with E-state index in [0.29, 0.717) is 126 Å². The maximum Gasteiger partial charge on any atom is 0.302 e. The van der Waals surface area contributed by atoms with Crippen LogP contribution in [0, 0.1) is 0 Å². The van der Waals surface area contributed by atoms with Crippen LogP contribution in [0.4, 0.5) is 0 Å². The van der Waals surface area contributed by atoms with Crippen molar-refractivity contribution in [2.24, 2.45) is 0 Å². The van der Waals surface area contributed by atoms with E-state index in [1.54, 1.807) is 0 Å². The lowest BCUT2D eigenvalue weighted by atomic mass is 10.2. The molecular formula is C28H58O12Si. The Labute approximate surface area is 249 Å². The first kappa shape index (κ1) is 40.3. The van der Waals surface area contributed by atoms with Crippen molar-refractivity contribution in [1.82, 2.24) is 0 Å². The molecule has 0 N–H and O–H groups in total. The molecule has 0 aromatic carbocycles. The zero-order valence-corrected chi connectivity index (χ0v) is 27.5. The largest absolute Gasteiger partial charge is 0.463 e. The third kappa shape index (κ3) is 29.2. The predicted octanol–water partition coefficient (Wildman–Crippen LogP) is 2.72. The predicted molar refractivity (Wildman–Crippen MR) is 157 cm³/mol. The second-order valence-electron chi connectivity index (χ2n) is 10.5. The molecular weight excluding hydrogens is 556 g/mol. The third-order valence-electron chi connectivity index (χ3n) is 6.01. The number of rotatable bonds is 31. The molecule has 0 atom stereocenters. The highest BCUT2D eigenvalue weighted by atomic mass is 28.4. The maximum atomic E-state index is 10.6. The third-order valence-corrected chi connectivity index (χ3v) is 10.5. The van der Waals surface area contributed by atoms with Crippen molar-refractivity contribution in [3.8, 4) is 0 Å². The first-order chi connectivity index (χ1) is 19.7. The van der Waals surface area contributed by atoms with Gasteiger partial charge in [-0.1, -0.05) is 20.8 Å². The molecule has 0 spiro atoms. The summed E-state index contributed by atoms with van der Waals surface area (Å²) >= 11 is 0. The van der Waals surface area contributed by atoms with E-state index in [0.717, 1.165) is 0 Å². The van der Waals surface area contributed by atoms with Crippen LogP contribution < -0.4 is 0 Å². The Kier molecular flexibility index (Phi) is 27.6. The van der Waals surface area contributed by atoms with Crippen molar-refractivity contribution in [3.05, 3.63) is 0 Å². The first-order valence-corrected chi connectivity index (χ1v) is 17.5. The molecule has 0 heterocycles. The molecule has 13 heteroatoms. The average molecular weight is 615 g/mol. The molecule has 0 fully saturated rings. The second-order valence-corrected chi connectivity index (χ2v) is 15.3. The summed E-state index contributed by atoms with van der Waals surface area (Å²) in [5.41, 5.74) is 0. The summed E-state index contributed by atoms with van der Waals surface area (Å²) in [4.78, 5) is 10.6. The average Bonchev–Trinajstić information content (AvgIpc) is 2.91. The highest BCUT2D eigenvalue weighted by Crippen LogP contribution is 2.36. The summed E-state index contributed by atoms with van der Waals surface area (Å²) in [6, 6.07) is 0. The van der Waals surface area contributed by atoms with Crippen LogP contribution in [-0.4, -0.2) is 146 Å². The Morgan fingerprint density at radius 1 is 0.439 bits per heavy atom. The van der Waals surface area contributed by atoms with Crippen LogP contribution in [0.25, 0.3) is 0 Å². The van der Waals surface area contributed by atoms with Gasteiger partial charge in [-0.3, -0.25) is 4.79 Å². The molecule has 0 radical (unpaired) electrons. The molecule has 0 saturated carbocycles. The van der Waals surface area contributed by atoms with Gasteiger partial charge in [-0.05, 0) is 18.1 Å². The summed E-state index contributed by atoms with van der Waals surface area (Å²) in [7, 11) is -1.70. The van der Waals surface area contributed by atoms with Crippen molar-refractivity contribution >= 4 is 14.3 Å². The van der Waals surface area contributed by atoms with Gasteiger partial charge in [0, 0.05) is 6.92 Å². The lowest BCUT2D eigenvalue weighted by molar-refractivity contribution is -0.142. The number of hydrogen-bond donors (Lipinski definition) is 0. The standard InChI is InChI=1S/C28H58O12Si/c1-27(29)39-25-23-37-21-19-35-17-15-33-13-11-31-9-7-30-8-10-32-12-14-34-16-18-36-20-22-38-24-26-40-41(5,6)28(2,3)4/h7-26H2,1-6H3. The quantitative estimate of drug-likeness (QED) is 0.0649. The molecule has 0 aromatic heterocycles. The maximum absolute atomic E-state index is 10.6. The van der Waals surface area contributed by atoms with Gasteiger partial charge >= 0.3 is 5.97 Å². The van der Waals surface area contributed by atoms with E-state index in [1.807, 2.05) is 0 Å². The van der Waals surface area contributed by atoms with Crippen molar-refractivity contribution in [3.63, 3.8) is 0 Å². The summed E-state index contributed by atoms with van der Waals surface area (Å²) in [6.45, 7) is 22.5. The number of hydrogen-bond acceptors (Lipinski definition) is 12. The number of carbonyl (C=O) groups excluding carboxylic acids is 1. The summed E-state index contributed by atoms with van der Waals surface area (Å²) < 4.78 is 59.8. The number of ether oxygens (including phenoxy) is 10. The van der Waals surface area contributed by atoms with Gasteiger partial charge in [0.25, 0.3) is 0 Å². The van der Waals surface area contributed by atoms with E-state index in [9.17, 15) is 4.79 Å². The van der Waals surface area contributed by atoms with Crippen LogP contribution in [0.3, 0.4) is 0 Å². The van der Waals surface area contributed by atoms with Gasteiger partial charge in [-0.2, -0.15) is 0 Å². The second kappa shape index (κ2) is 28.1. The van der Waals surface area contributed by atoms with Gasteiger partial charge in [0.1, 0.15) is 6.61 Å². The van der Waals surface area contributed by atoms with Gasteiger partial charge in [0.15, 0.2) is 8.32 Å². The van der Waals surface area contributed by atoms with E-state index in [2.05, 4.69) is 33.9 Å². The zero-order valence-electron chi connectivity index (χ0n) is 26.5. The molecule has 0 aliphatic carbocycles. The Balaban J connectivity index is 3.13. The Hall–Kier alpha value is -0.713. The molecule has 0 aliphatic heterocycles. The fourth-order valence-electron chi connectivity index (χ4n) is 2.68. The smallest absolute Gasteiger partial charge is 0.302 e. The Morgan fingerprint density at radius 3 is 0.878 bits per heavy atom. The lowest BCUT2D eigenvalue weighted by Crippen LogP contribution is -2.41. The summed E-state index contributed by atoms with van der Waals surface area (Å²) in [5.74, 6) is -0.309. The minimum Gasteiger partial charge on any atom is -0.463 e. The highest BCUT2D eigenvalue weighted by molar-refractivity contribution is 6.74. The van der Waals surface area contributed by atoms with Crippen molar-refractivity contribution in [2.45, 2.75) is 45.8 Å². The molecule has 0 saturated heterocycles. The van der Waals surface area contributed by atoms with E-state index >= 15 is 0 Å². The molecule has 0 rings (SSSR count). The van der Waals surface area contributed by atoms with Crippen molar-refractivity contribution in [2.75, 3.05) is 132 Å². The Bertz CT molecular complexity index is 575. The van der Waals surface area contributed by atoms with Gasteiger partial charge in [0.2, 0.25) is 0 Å². The van der Waals surface area contributed by atoms with E-state index in [4.69, 9.17) is 51.8 Å². The van der Waals surface area contributed by atoms with Gasteiger partial charge in [-0.15, -0.1) is 0 Å². The van der Waals surface area contributed by atoms with Crippen LogP contribution in [0.1, 0.15) is 27.7 Å². The lowest BCUT2D eigenvalue weighted by Gasteiger charge is -2.36. The van der Waals surface area contributed by atoms with E-state index < -0.39 is 8.32 Å². The highest BCUT2D eigenvalue weighted by Gasteiger charge is 2.36. The minimum atomic E-state index is -1.70. The Morgan fingerprint density at radius 2 is 0.659 bits per heavy atom. The van der Waals surface area contributed by atoms with Crippen LogP contribution in [0.2, 0.25) is 18.1 Å². The fourth-order valence-corrected chi connectivity index (χ4v) is 3.70. The molecule has 0 aliphatic rings. The minimum absolute atomic E-state index is 0.217. The van der Waals surface area contributed by atoms with Crippen LogP contribution in [0.5, 0.6) is 0 Å². The topological polar surface area (TPSA) is 119 Å². The number of esters is 1. The van der Waals surface area contributed by atoms with Crippen molar-refractivity contribution < 1.29 is 56.6 Å². The van der Waals surface area contributed by atoms with Gasteiger partial charge < -0.3 is 51.8 Å². The van der Waals surface area contributed by atoms with Gasteiger partial charge in [-0.25, -0.2) is 0 Å². The molecule has 0 aromatic rings. The SMILES string of the molecule is CC(=O)OCCOCCOCCOCCOCCOCCOCCOCCOCCOCCO[Si](C)(C)C(C)(C)C. The number of carbonyl (C=O) groups is 1. The molecule has 0 unspecified atom stereocenters. The monoisotopic (exact) mass is 614 g/mol. The summed E-state index contributed by atoms with van der Waals surface area (Å²) in [5, 5.41) is 0.217. The normalized spacial score (nSPS) is 12.2. The van der Waals surface area contributed by atoms with Crippen LogP contribution >= 0.6 is 0 Å². The van der Waals surface area contributed by atoms with E-state index in [1.165, 1.54) is 6.92 Å². The first-order valence-electron chi connectivity index (χ1n) is 14.6. The van der Waals surface area contributed by atoms with Crippen LogP contribution in [0.15, 0.2) is 0 Å². The summed E-state index contributed by atoms with van der Waals surface area (Å²) in [6.07, 6.45) is 0. The van der Waals surface area contributed by atoms with E-state index in [-0.39, 0.29) is 17.6 Å². The van der Waals surface area contributed by atoms with Crippen LogP contribution in [-0.2, 0) is 56.6 Å². The van der Waals surface area contributed by atoms with Crippen molar-refractivity contribution in [1.29, 1.82) is 0 Å². The molecule has 41 heavy (non-hydrogen) atoms. The molecule has 12 nitrogen and oxygen atoms in total. The molecule has 246 valence electrons. The zero-order chi connectivity index (χ0) is 30.5. The molecule has 0 amide bonds. The van der Waals surface area contributed by atoms with Gasteiger partial charge in [0.05, 0.1) is 126 Å².